The number of halogens is 1. The summed E-state index contributed by atoms with van der Waals surface area (Å²) in [7, 11) is 0. The maximum atomic E-state index is 12.1. The smallest absolute Gasteiger partial charge is 0.253 e. The van der Waals surface area contributed by atoms with Gasteiger partial charge in [0.1, 0.15) is 0 Å². The molecule has 0 aliphatic carbocycles. The van der Waals surface area contributed by atoms with E-state index in [-0.39, 0.29) is 11.9 Å². The molecule has 1 atom stereocenters. The number of nitrogen functional groups attached to an aromatic ring is 1. The minimum absolute atomic E-state index is 0.0693. The quantitative estimate of drug-likeness (QED) is 0.851. The van der Waals surface area contributed by atoms with E-state index in [4.69, 9.17) is 5.73 Å². The maximum Gasteiger partial charge on any atom is 0.253 e. The molecule has 2 rings (SSSR count). The van der Waals surface area contributed by atoms with Crippen LogP contribution in [0, 0.1) is 0 Å². The Hall–Kier alpha value is -1.81. The van der Waals surface area contributed by atoms with Crippen molar-refractivity contribution in [2.45, 2.75) is 13.0 Å². The molecule has 0 saturated heterocycles. The first kappa shape index (κ1) is 13.6. The molecule has 0 spiro atoms. The highest BCUT2D eigenvalue weighted by molar-refractivity contribution is 9.10. The Morgan fingerprint density at radius 3 is 2.42 bits per heavy atom. The molecule has 3 N–H and O–H groups in total. The Balaban J connectivity index is 2.11. The van der Waals surface area contributed by atoms with Crippen LogP contribution < -0.4 is 11.1 Å². The SMILES string of the molecule is CC(NC(=O)c1ccccc1N)c1ccc(Br)cc1. The predicted molar refractivity (Wildman–Crippen MR) is 80.9 cm³/mol. The number of benzene rings is 2. The molecular formula is C15H15BrN2O. The first-order valence-electron chi connectivity index (χ1n) is 5.99. The molecular weight excluding hydrogens is 304 g/mol. The van der Waals surface area contributed by atoms with Crippen molar-refractivity contribution in [2.24, 2.45) is 0 Å². The standard InChI is InChI=1S/C15H15BrN2O/c1-10(11-6-8-12(16)9-7-11)18-15(19)13-4-2-3-5-14(13)17/h2-10H,17H2,1H3,(H,18,19). The van der Waals surface area contributed by atoms with Gasteiger partial charge in [0.25, 0.3) is 5.91 Å². The molecule has 0 fully saturated rings. The molecule has 0 saturated carbocycles. The molecule has 4 heteroatoms. The number of carbonyl (C=O) groups excluding carboxylic acids is 1. The van der Waals surface area contributed by atoms with Gasteiger partial charge in [0.05, 0.1) is 11.6 Å². The summed E-state index contributed by atoms with van der Waals surface area (Å²) in [6.07, 6.45) is 0. The molecule has 1 unspecified atom stereocenters. The van der Waals surface area contributed by atoms with Gasteiger partial charge < -0.3 is 11.1 Å². The zero-order chi connectivity index (χ0) is 13.8. The summed E-state index contributed by atoms with van der Waals surface area (Å²) in [5, 5.41) is 2.94. The molecule has 0 radical (unpaired) electrons. The third-order valence-corrected chi connectivity index (χ3v) is 3.45. The number of nitrogens with two attached hydrogens (primary N) is 1. The van der Waals surface area contributed by atoms with E-state index in [1.165, 1.54) is 0 Å². The lowest BCUT2D eigenvalue weighted by Gasteiger charge is -2.15. The summed E-state index contributed by atoms with van der Waals surface area (Å²) >= 11 is 3.39. The summed E-state index contributed by atoms with van der Waals surface area (Å²) in [6.45, 7) is 1.94. The number of amides is 1. The molecule has 0 aromatic heterocycles. The van der Waals surface area contributed by atoms with Gasteiger partial charge in [0.15, 0.2) is 0 Å². The zero-order valence-corrected chi connectivity index (χ0v) is 12.1. The van der Waals surface area contributed by atoms with E-state index in [1.807, 2.05) is 37.3 Å². The van der Waals surface area contributed by atoms with Gasteiger partial charge >= 0.3 is 0 Å². The molecule has 98 valence electrons. The summed E-state index contributed by atoms with van der Waals surface area (Å²) in [4.78, 5) is 12.1. The van der Waals surface area contributed by atoms with Gasteiger partial charge in [-0.25, -0.2) is 0 Å². The Morgan fingerprint density at radius 2 is 1.79 bits per heavy atom. The third kappa shape index (κ3) is 3.35. The van der Waals surface area contributed by atoms with Gasteiger partial charge in [0, 0.05) is 10.2 Å². The van der Waals surface area contributed by atoms with E-state index >= 15 is 0 Å². The highest BCUT2D eigenvalue weighted by Gasteiger charge is 2.13. The van der Waals surface area contributed by atoms with Crippen molar-refractivity contribution < 1.29 is 4.79 Å². The van der Waals surface area contributed by atoms with E-state index in [9.17, 15) is 4.79 Å². The lowest BCUT2D eigenvalue weighted by atomic mass is 10.1. The Labute approximate surface area is 121 Å². The molecule has 0 bridgehead atoms. The number of nitrogens with one attached hydrogen (secondary N) is 1. The van der Waals surface area contributed by atoms with Crippen molar-refractivity contribution in [3.8, 4) is 0 Å². The van der Waals surface area contributed by atoms with Crippen molar-refractivity contribution in [1.82, 2.24) is 5.32 Å². The largest absolute Gasteiger partial charge is 0.398 e. The summed E-state index contributed by atoms with van der Waals surface area (Å²) in [5.74, 6) is -0.159. The van der Waals surface area contributed by atoms with Crippen LogP contribution in [0.3, 0.4) is 0 Å². The predicted octanol–water partition coefficient (Wildman–Crippen LogP) is 3.52. The second-order valence-electron chi connectivity index (χ2n) is 4.33. The van der Waals surface area contributed by atoms with E-state index in [2.05, 4.69) is 21.2 Å². The van der Waals surface area contributed by atoms with Gasteiger partial charge in [-0.2, -0.15) is 0 Å². The Kier molecular flexibility index (Phi) is 4.22. The highest BCUT2D eigenvalue weighted by Crippen LogP contribution is 2.18. The average Bonchev–Trinajstić information content (AvgIpc) is 2.39. The average molecular weight is 319 g/mol. The van der Waals surface area contributed by atoms with Crippen LogP contribution >= 0.6 is 15.9 Å². The van der Waals surface area contributed by atoms with E-state index < -0.39 is 0 Å². The van der Waals surface area contributed by atoms with Gasteiger partial charge in [-0.05, 0) is 36.8 Å². The fourth-order valence-corrected chi connectivity index (χ4v) is 2.08. The van der Waals surface area contributed by atoms with Crippen molar-refractivity contribution in [3.63, 3.8) is 0 Å². The molecule has 2 aromatic rings. The number of para-hydroxylation sites is 1. The fourth-order valence-electron chi connectivity index (χ4n) is 1.81. The van der Waals surface area contributed by atoms with Crippen molar-refractivity contribution >= 4 is 27.5 Å². The van der Waals surface area contributed by atoms with Crippen LogP contribution in [0.5, 0.6) is 0 Å². The zero-order valence-electron chi connectivity index (χ0n) is 10.6. The summed E-state index contributed by atoms with van der Waals surface area (Å²) < 4.78 is 1.02. The first-order valence-corrected chi connectivity index (χ1v) is 6.78. The van der Waals surface area contributed by atoms with Crippen LogP contribution in [-0.2, 0) is 0 Å². The second kappa shape index (κ2) is 5.89. The Morgan fingerprint density at radius 1 is 1.16 bits per heavy atom. The van der Waals surface area contributed by atoms with Gasteiger partial charge in [0.2, 0.25) is 0 Å². The Bertz CT molecular complexity index is 581. The van der Waals surface area contributed by atoms with E-state index in [0.29, 0.717) is 11.3 Å². The van der Waals surface area contributed by atoms with E-state index in [0.717, 1.165) is 10.0 Å². The first-order chi connectivity index (χ1) is 9.08. The topological polar surface area (TPSA) is 55.1 Å². The van der Waals surface area contributed by atoms with Crippen molar-refractivity contribution in [2.75, 3.05) is 5.73 Å². The van der Waals surface area contributed by atoms with Gasteiger partial charge in [-0.15, -0.1) is 0 Å². The molecule has 1 amide bonds. The molecule has 0 aliphatic rings. The monoisotopic (exact) mass is 318 g/mol. The minimum Gasteiger partial charge on any atom is -0.398 e. The van der Waals surface area contributed by atoms with Crippen LogP contribution in [0.1, 0.15) is 28.9 Å². The van der Waals surface area contributed by atoms with Gasteiger partial charge in [-0.1, -0.05) is 40.2 Å². The molecule has 3 nitrogen and oxygen atoms in total. The normalized spacial score (nSPS) is 11.9. The van der Waals surface area contributed by atoms with Crippen LogP contribution in [-0.4, -0.2) is 5.91 Å². The lowest BCUT2D eigenvalue weighted by molar-refractivity contribution is 0.0941. The van der Waals surface area contributed by atoms with Crippen LogP contribution in [0.25, 0.3) is 0 Å². The van der Waals surface area contributed by atoms with Gasteiger partial charge in [-0.3, -0.25) is 4.79 Å². The number of carbonyl (C=O) groups is 1. The van der Waals surface area contributed by atoms with E-state index in [1.54, 1.807) is 18.2 Å². The lowest BCUT2D eigenvalue weighted by Crippen LogP contribution is -2.27. The number of rotatable bonds is 3. The molecule has 0 aliphatic heterocycles. The van der Waals surface area contributed by atoms with Crippen LogP contribution in [0.4, 0.5) is 5.69 Å². The minimum atomic E-state index is -0.159. The maximum absolute atomic E-state index is 12.1. The van der Waals surface area contributed by atoms with Crippen molar-refractivity contribution in [3.05, 3.63) is 64.1 Å². The third-order valence-electron chi connectivity index (χ3n) is 2.92. The van der Waals surface area contributed by atoms with Crippen LogP contribution in [0.15, 0.2) is 53.0 Å². The number of hydrogen-bond donors (Lipinski definition) is 2. The van der Waals surface area contributed by atoms with Crippen LogP contribution in [0.2, 0.25) is 0 Å². The van der Waals surface area contributed by atoms with Crippen molar-refractivity contribution in [1.29, 1.82) is 0 Å². The molecule has 19 heavy (non-hydrogen) atoms. The fraction of sp³-hybridized carbons (Fsp3) is 0.133. The summed E-state index contributed by atoms with van der Waals surface area (Å²) in [5.41, 5.74) is 7.83. The summed E-state index contributed by atoms with van der Waals surface area (Å²) in [6, 6.07) is 14.8. The highest BCUT2D eigenvalue weighted by atomic mass is 79.9. The second-order valence-corrected chi connectivity index (χ2v) is 5.25. The number of anilines is 1. The molecule has 0 heterocycles. The number of hydrogen-bond acceptors (Lipinski definition) is 2. The molecule has 2 aromatic carbocycles.